The van der Waals surface area contributed by atoms with Crippen LogP contribution in [0.1, 0.15) is 45.9 Å². The lowest BCUT2D eigenvalue weighted by atomic mass is 9.90. The summed E-state index contributed by atoms with van der Waals surface area (Å²) in [6.45, 7) is 4.55. The Hall–Kier alpha value is -2.14. The molecule has 4 nitrogen and oxygen atoms in total. The second kappa shape index (κ2) is 6.88. The van der Waals surface area contributed by atoms with Gasteiger partial charge in [0, 0.05) is 17.1 Å². The van der Waals surface area contributed by atoms with E-state index in [4.69, 9.17) is 4.74 Å². The van der Waals surface area contributed by atoms with Gasteiger partial charge in [-0.25, -0.2) is 4.79 Å². The molecular formula is C21H23NO3S. The van der Waals surface area contributed by atoms with Crippen LogP contribution in [-0.4, -0.2) is 24.5 Å². The quantitative estimate of drug-likeness (QED) is 0.768. The molecule has 2 aromatic rings. The zero-order chi connectivity index (χ0) is 18.3. The Bertz CT molecular complexity index is 857. The van der Waals surface area contributed by atoms with Crippen molar-refractivity contribution in [1.29, 1.82) is 0 Å². The van der Waals surface area contributed by atoms with E-state index in [1.807, 2.05) is 30.3 Å². The Balaban J connectivity index is 1.44. The molecule has 4 rings (SSSR count). The van der Waals surface area contributed by atoms with Crippen LogP contribution in [0.3, 0.4) is 0 Å². The zero-order valence-electron chi connectivity index (χ0n) is 15.2. The first-order valence-electron chi connectivity index (χ1n) is 9.24. The molecular weight excluding hydrogens is 346 g/mol. The van der Waals surface area contributed by atoms with Crippen molar-refractivity contribution in [2.24, 2.45) is 5.92 Å². The van der Waals surface area contributed by atoms with Crippen molar-refractivity contribution in [2.45, 2.75) is 45.6 Å². The largest absolute Gasteiger partial charge is 0.448 e. The number of anilines is 1. The average molecular weight is 369 g/mol. The third kappa shape index (κ3) is 3.16. The van der Waals surface area contributed by atoms with Crippen LogP contribution in [-0.2, 0) is 28.8 Å². The highest BCUT2D eigenvalue weighted by Gasteiger charge is 2.30. The van der Waals surface area contributed by atoms with Gasteiger partial charge in [0.05, 0.1) is 0 Å². The van der Waals surface area contributed by atoms with Crippen LogP contribution in [0.15, 0.2) is 30.3 Å². The molecule has 1 amide bonds. The van der Waals surface area contributed by atoms with Crippen molar-refractivity contribution in [3.63, 3.8) is 0 Å². The lowest BCUT2D eigenvalue weighted by Crippen LogP contribution is -2.39. The Morgan fingerprint density at radius 1 is 1.23 bits per heavy atom. The molecule has 0 bridgehead atoms. The first-order valence-corrected chi connectivity index (χ1v) is 10.1. The van der Waals surface area contributed by atoms with Gasteiger partial charge >= 0.3 is 5.97 Å². The fourth-order valence-corrected chi connectivity index (χ4v) is 4.95. The van der Waals surface area contributed by atoms with E-state index < -0.39 is 6.10 Å². The van der Waals surface area contributed by atoms with E-state index in [1.54, 1.807) is 11.8 Å². The van der Waals surface area contributed by atoms with Crippen molar-refractivity contribution in [3.8, 4) is 0 Å². The standard InChI is InChI=1S/C21H23NO3S/c1-13-7-8-18-16(11-13)12-19(26-18)21(24)25-14(2)20(23)22-10-9-15-5-3-4-6-17(15)22/h3-6,12-14H,7-11H2,1-2H3/t13-,14-/m0/s1. The maximum absolute atomic E-state index is 12.8. The Labute approximate surface area is 157 Å². The summed E-state index contributed by atoms with van der Waals surface area (Å²) < 4.78 is 5.51. The van der Waals surface area contributed by atoms with E-state index in [-0.39, 0.29) is 11.9 Å². The van der Waals surface area contributed by atoms with Crippen LogP contribution in [0.2, 0.25) is 0 Å². The summed E-state index contributed by atoms with van der Waals surface area (Å²) in [6, 6.07) is 9.86. The number of rotatable bonds is 3. The fourth-order valence-electron chi connectivity index (χ4n) is 3.86. The van der Waals surface area contributed by atoms with E-state index in [9.17, 15) is 9.59 Å². The van der Waals surface area contributed by atoms with Crippen molar-refractivity contribution in [3.05, 3.63) is 51.2 Å². The number of para-hydroxylation sites is 1. The first kappa shape index (κ1) is 17.3. The molecule has 1 aromatic carbocycles. The van der Waals surface area contributed by atoms with E-state index in [0.717, 1.165) is 24.9 Å². The summed E-state index contributed by atoms with van der Waals surface area (Å²) in [6.07, 6.45) is 3.29. The van der Waals surface area contributed by atoms with Crippen molar-refractivity contribution in [2.75, 3.05) is 11.4 Å². The minimum atomic E-state index is -0.785. The number of nitrogens with zero attached hydrogens (tertiary/aromatic N) is 1. The molecule has 1 aromatic heterocycles. The molecule has 0 radical (unpaired) electrons. The van der Waals surface area contributed by atoms with Gasteiger partial charge in [-0.15, -0.1) is 11.3 Å². The van der Waals surface area contributed by atoms with E-state index >= 15 is 0 Å². The molecule has 1 aliphatic carbocycles. The highest BCUT2D eigenvalue weighted by molar-refractivity contribution is 7.14. The average Bonchev–Trinajstić information content (AvgIpc) is 3.24. The van der Waals surface area contributed by atoms with Gasteiger partial charge in [0.2, 0.25) is 0 Å². The molecule has 2 atom stereocenters. The minimum absolute atomic E-state index is 0.154. The summed E-state index contributed by atoms with van der Waals surface area (Å²) >= 11 is 1.52. The molecule has 26 heavy (non-hydrogen) atoms. The van der Waals surface area contributed by atoms with E-state index in [0.29, 0.717) is 17.3 Å². The number of carbonyl (C=O) groups is 2. The van der Waals surface area contributed by atoms with Crippen molar-refractivity contribution in [1.82, 2.24) is 0 Å². The number of thiophene rings is 1. The predicted octanol–water partition coefficient (Wildman–Crippen LogP) is 4.01. The molecule has 0 spiro atoms. The number of amides is 1. The highest BCUT2D eigenvalue weighted by Crippen LogP contribution is 2.33. The molecule has 136 valence electrons. The number of carbonyl (C=O) groups excluding carboxylic acids is 2. The van der Waals surface area contributed by atoms with Crippen LogP contribution in [0, 0.1) is 5.92 Å². The topological polar surface area (TPSA) is 46.6 Å². The second-order valence-corrected chi connectivity index (χ2v) is 8.46. The van der Waals surface area contributed by atoms with Crippen LogP contribution in [0.25, 0.3) is 0 Å². The number of benzene rings is 1. The monoisotopic (exact) mass is 369 g/mol. The Morgan fingerprint density at radius 2 is 2.04 bits per heavy atom. The number of ether oxygens (including phenoxy) is 1. The molecule has 0 fully saturated rings. The molecule has 0 saturated heterocycles. The minimum Gasteiger partial charge on any atom is -0.448 e. The van der Waals surface area contributed by atoms with Crippen LogP contribution < -0.4 is 4.90 Å². The normalized spacial score (nSPS) is 19.6. The summed E-state index contributed by atoms with van der Waals surface area (Å²) in [5.74, 6) is 0.125. The summed E-state index contributed by atoms with van der Waals surface area (Å²) in [5, 5.41) is 0. The lowest BCUT2D eigenvalue weighted by molar-refractivity contribution is -0.126. The van der Waals surface area contributed by atoms with Gasteiger partial charge in [-0.3, -0.25) is 4.79 Å². The van der Waals surface area contributed by atoms with Gasteiger partial charge in [-0.05, 0) is 61.8 Å². The van der Waals surface area contributed by atoms with Gasteiger partial charge < -0.3 is 9.64 Å². The maximum atomic E-state index is 12.8. The molecule has 0 N–H and O–H groups in total. The molecule has 5 heteroatoms. The molecule has 2 aliphatic rings. The first-order chi connectivity index (χ1) is 12.5. The number of hydrogen-bond donors (Lipinski definition) is 0. The lowest BCUT2D eigenvalue weighted by Gasteiger charge is -2.21. The van der Waals surface area contributed by atoms with Gasteiger partial charge in [0.15, 0.2) is 6.10 Å². The van der Waals surface area contributed by atoms with Crippen LogP contribution in [0.5, 0.6) is 0 Å². The van der Waals surface area contributed by atoms with Crippen LogP contribution in [0.4, 0.5) is 5.69 Å². The van der Waals surface area contributed by atoms with E-state index in [1.165, 1.54) is 33.8 Å². The third-order valence-electron chi connectivity index (χ3n) is 5.32. The van der Waals surface area contributed by atoms with Gasteiger partial charge in [0.25, 0.3) is 5.91 Å². The number of hydrogen-bond acceptors (Lipinski definition) is 4. The van der Waals surface area contributed by atoms with Crippen LogP contribution >= 0.6 is 11.3 Å². The highest BCUT2D eigenvalue weighted by atomic mass is 32.1. The molecule has 0 unspecified atom stereocenters. The smallest absolute Gasteiger partial charge is 0.349 e. The summed E-state index contributed by atoms with van der Waals surface area (Å²) in [5.41, 5.74) is 3.37. The maximum Gasteiger partial charge on any atom is 0.349 e. The number of fused-ring (bicyclic) bond motifs is 2. The zero-order valence-corrected chi connectivity index (χ0v) is 16.0. The SMILES string of the molecule is C[C@H]1CCc2sc(C(=O)O[C@@H](C)C(=O)N3CCc4ccccc43)cc2C1. The van der Waals surface area contributed by atoms with E-state index in [2.05, 4.69) is 6.92 Å². The predicted molar refractivity (Wildman–Crippen MR) is 103 cm³/mol. The van der Waals surface area contributed by atoms with Crippen molar-refractivity contribution >= 4 is 28.9 Å². The Morgan fingerprint density at radius 3 is 2.88 bits per heavy atom. The van der Waals surface area contributed by atoms with Gasteiger partial charge in [0.1, 0.15) is 4.88 Å². The molecule has 0 saturated carbocycles. The fraction of sp³-hybridized carbons (Fsp3) is 0.429. The molecule has 2 heterocycles. The number of esters is 1. The van der Waals surface area contributed by atoms with Gasteiger partial charge in [-0.2, -0.15) is 0 Å². The Kier molecular flexibility index (Phi) is 4.57. The number of aryl methyl sites for hydroxylation is 1. The van der Waals surface area contributed by atoms with Gasteiger partial charge in [-0.1, -0.05) is 25.1 Å². The van der Waals surface area contributed by atoms with Crippen molar-refractivity contribution < 1.29 is 14.3 Å². The second-order valence-electron chi connectivity index (χ2n) is 7.32. The summed E-state index contributed by atoms with van der Waals surface area (Å²) in [7, 11) is 0. The molecule has 1 aliphatic heterocycles. The summed E-state index contributed by atoms with van der Waals surface area (Å²) in [4.78, 5) is 28.9. The third-order valence-corrected chi connectivity index (χ3v) is 6.53.